The Bertz CT molecular complexity index is 168. The third-order valence-electron chi connectivity index (χ3n) is 2.04. The molecule has 0 spiro atoms. The van der Waals surface area contributed by atoms with Gasteiger partial charge in [-0.2, -0.15) is 5.26 Å². The van der Waals surface area contributed by atoms with Gasteiger partial charge in [-0.05, 0) is 13.3 Å². The predicted octanol–water partition coefficient (Wildman–Crippen LogP) is 1.41. The van der Waals surface area contributed by atoms with Gasteiger partial charge in [0.15, 0.2) is 0 Å². The average Bonchev–Trinajstić information content (AvgIpc) is 2.20. The zero-order chi connectivity index (χ0) is 10.3. The Balaban J connectivity index is 4.04. The van der Waals surface area contributed by atoms with Crippen LogP contribution in [0.15, 0.2) is 0 Å². The van der Waals surface area contributed by atoms with E-state index in [9.17, 15) is 0 Å². The maximum atomic E-state index is 8.59. The fraction of sp³-hybridized carbons (Fsp3) is 0.875. The van der Waals surface area contributed by atoms with E-state index in [2.05, 4.69) is 6.07 Å². The van der Waals surface area contributed by atoms with Crippen molar-refractivity contribution in [1.82, 2.24) is 0 Å². The van der Waals surface area contributed by atoms with E-state index in [0.717, 1.165) is 6.42 Å². The van der Waals surface area contributed by atoms with Crippen LogP contribution in [-0.4, -0.2) is 30.1 Å². The van der Waals surface area contributed by atoms with Gasteiger partial charge in [0.2, 0.25) is 0 Å². The predicted molar refractivity (Wildman–Crippen MR) is 51.0 cm³/mol. The molecule has 0 fully saturated rings. The molecule has 0 rings (SSSR count). The first-order valence-electron chi connectivity index (χ1n) is 4.19. The molecule has 1 unspecified atom stereocenters. The third-order valence-corrected chi connectivity index (χ3v) is 4.80. The summed E-state index contributed by atoms with van der Waals surface area (Å²) in [5, 5.41) is 8.59. The van der Waals surface area contributed by atoms with Gasteiger partial charge < -0.3 is 13.3 Å². The van der Waals surface area contributed by atoms with Gasteiger partial charge in [0.05, 0.1) is 6.07 Å². The highest BCUT2D eigenvalue weighted by Crippen LogP contribution is 2.18. The zero-order valence-electron chi connectivity index (χ0n) is 8.66. The summed E-state index contributed by atoms with van der Waals surface area (Å²) in [5.74, 6) is 0.0207. The lowest BCUT2D eigenvalue weighted by molar-refractivity contribution is 0.122. The molecule has 0 N–H and O–H groups in total. The summed E-state index contributed by atoms with van der Waals surface area (Å²) in [6, 6.07) is 2.85. The number of nitrogens with zero attached hydrogens (tertiary/aromatic N) is 1. The standard InChI is InChI=1S/C8H17NO3Si/c1-8(7-9)5-6-13(10-2,11-3)12-4/h8H,5-6H2,1-4H3. The van der Waals surface area contributed by atoms with Crippen molar-refractivity contribution in [3.63, 3.8) is 0 Å². The Morgan fingerprint density at radius 3 is 2.00 bits per heavy atom. The highest BCUT2D eigenvalue weighted by Gasteiger charge is 2.37. The molecule has 0 aliphatic carbocycles. The van der Waals surface area contributed by atoms with Crippen LogP contribution in [0.2, 0.25) is 6.04 Å². The van der Waals surface area contributed by atoms with Gasteiger partial charge in [-0.3, -0.25) is 0 Å². The third kappa shape index (κ3) is 3.87. The quantitative estimate of drug-likeness (QED) is 0.612. The monoisotopic (exact) mass is 203 g/mol. The summed E-state index contributed by atoms with van der Waals surface area (Å²) in [6.45, 7) is 1.88. The fourth-order valence-corrected chi connectivity index (χ4v) is 2.91. The molecular weight excluding hydrogens is 186 g/mol. The van der Waals surface area contributed by atoms with Gasteiger partial charge in [-0.25, -0.2) is 0 Å². The molecular formula is C8H17NO3Si. The van der Waals surface area contributed by atoms with Crippen LogP contribution in [0, 0.1) is 17.2 Å². The van der Waals surface area contributed by atoms with Crippen LogP contribution >= 0.6 is 0 Å². The van der Waals surface area contributed by atoms with E-state index in [4.69, 9.17) is 18.5 Å². The summed E-state index contributed by atoms with van der Waals surface area (Å²) in [4.78, 5) is 0. The van der Waals surface area contributed by atoms with E-state index in [1.54, 1.807) is 21.3 Å². The SMILES string of the molecule is CO[Si](CCC(C)C#N)(OC)OC. The Morgan fingerprint density at radius 2 is 1.69 bits per heavy atom. The number of hydrogen-bond donors (Lipinski definition) is 0. The maximum Gasteiger partial charge on any atom is 0.500 e. The van der Waals surface area contributed by atoms with Crippen LogP contribution in [0.5, 0.6) is 0 Å². The molecule has 0 bridgehead atoms. The molecule has 0 amide bonds. The van der Waals surface area contributed by atoms with E-state index in [1.165, 1.54) is 0 Å². The van der Waals surface area contributed by atoms with Crippen molar-refractivity contribution < 1.29 is 13.3 Å². The molecule has 0 saturated heterocycles. The van der Waals surface area contributed by atoms with Crippen LogP contribution in [0.4, 0.5) is 0 Å². The van der Waals surface area contributed by atoms with Crippen LogP contribution < -0.4 is 0 Å². The Labute approximate surface area is 80.8 Å². The largest absolute Gasteiger partial charge is 0.500 e. The topological polar surface area (TPSA) is 51.5 Å². The fourth-order valence-electron chi connectivity index (χ4n) is 1.01. The van der Waals surface area contributed by atoms with Crippen LogP contribution in [0.1, 0.15) is 13.3 Å². The first-order chi connectivity index (χ1) is 6.14. The second-order valence-electron chi connectivity index (χ2n) is 2.86. The van der Waals surface area contributed by atoms with Crippen LogP contribution in [0.25, 0.3) is 0 Å². The molecule has 4 nitrogen and oxygen atoms in total. The van der Waals surface area contributed by atoms with Gasteiger partial charge in [0, 0.05) is 33.3 Å². The Kier molecular flexibility index (Phi) is 5.91. The van der Waals surface area contributed by atoms with Crippen LogP contribution in [-0.2, 0) is 13.3 Å². The summed E-state index contributed by atoms with van der Waals surface area (Å²) < 4.78 is 15.6. The first kappa shape index (κ1) is 12.6. The van der Waals surface area contributed by atoms with E-state index < -0.39 is 8.80 Å². The zero-order valence-corrected chi connectivity index (χ0v) is 9.66. The smallest absolute Gasteiger partial charge is 0.377 e. The van der Waals surface area contributed by atoms with Gasteiger partial charge in [-0.1, -0.05) is 0 Å². The number of nitriles is 1. The average molecular weight is 203 g/mol. The van der Waals surface area contributed by atoms with Crippen LogP contribution in [0.3, 0.4) is 0 Å². The van der Waals surface area contributed by atoms with Crippen molar-refractivity contribution >= 4 is 8.80 Å². The summed E-state index contributed by atoms with van der Waals surface area (Å²) in [7, 11) is 2.29. The molecule has 0 aromatic rings. The second-order valence-corrected chi connectivity index (χ2v) is 5.95. The number of rotatable bonds is 6. The minimum atomic E-state index is -2.45. The van der Waals surface area contributed by atoms with Crippen molar-refractivity contribution in [2.75, 3.05) is 21.3 Å². The van der Waals surface area contributed by atoms with Gasteiger partial charge in [0.25, 0.3) is 0 Å². The summed E-state index contributed by atoms with van der Waals surface area (Å²) >= 11 is 0. The van der Waals surface area contributed by atoms with Crippen molar-refractivity contribution in [3.8, 4) is 6.07 Å². The van der Waals surface area contributed by atoms with Crippen molar-refractivity contribution in [1.29, 1.82) is 5.26 Å². The van der Waals surface area contributed by atoms with E-state index in [0.29, 0.717) is 6.04 Å². The number of hydrogen-bond acceptors (Lipinski definition) is 4. The van der Waals surface area contributed by atoms with Gasteiger partial charge >= 0.3 is 8.80 Å². The lowest BCUT2D eigenvalue weighted by atomic mass is 10.1. The molecule has 0 aliphatic rings. The highest BCUT2D eigenvalue weighted by atomic mass is 28.4. The molecule has 0 saturated carbocycles. The first-order valence-corrected chi connectivity index (χ1v) is 6.12. The van der Waals surface area contributed by atoms with Crippen molar-refractivity contribution in [2.45, 2.75) is 19.4 Å². The molecule has 0 aromatic heterocycles. The Hall–Kier alpha value is -0.413. The summed E-state index contributed by atoms with van der Waals surface area (Å²) in [5.41, 5.74) is 0. The minimum absolute atomic E-state index is 0.0207. The van der Waals surface area contributed by atoms with E-state index in [1.807, 2.05) is 6.92 Å². The van der Waals surface area contributed by atoms with Crippen molar-refractivity contribution in [3.05, 3.63) is 0 Å². The molecule has 0 heterocycles. The lowest BCUT2D eigenvalue weighted by Crippen LogP contribution is -2.42. The molecule has 0 aliphatic heterocycles. The highest BCUT2D eigenvalue weighted by molar-refractivity contribution is 6.60. The second kappa shape index (κ2) is 6.10. The van der Waals surface area contributed by atoms with Gasteiger partial charge in [0.1, 0.15) is 0 Å². The van der Waals surface area contributed by atoms with Gasteiger partial charge in [-0.15, -0.1) is 0 Å². The molecule has 13 heavy (non-hydrogen) atoms. The molecule has 1 atom stereocenters. The Morgan fingerprint density at radius 1 is 1.23 bits per heavy atom. The maximum absolute atomic E-state index is 8.59. The molecule has 0 radical (unpaired) electrons. The molecule has 76 valence electrons. The minimum Gasteiger partial charge on any atom is -0.377 e. The summed E-state index contributed by atoms with van der Waals surface area (Å²) in [6.07, 6.45) is 0.748. The lowest BCUT2D eigenvalue weighted by Gasteiger charge is -2.24. The normalized spacial score (nSPS) is 13.8. The van der Waals surface area contributed by atoms with Crippen molar-refractivity contribution in [2.24, 2.45) is 5.92 Å². The molecule has 5 heteroatoms. The molecule has 0 aromatic carbocycles. The van der Waals surface area contributed by atoms with E-state index in [-0.39, 0.29) is 5.92 Å². The van der Waals surface area contributed by atoms with E-state index >= 15 is 0 Å².